The SMILES string of the molecule is Cc1ccc(S(=O)(=O)NC[C@@H]2CCCN(C(=O)Cc3ccc4ccccc4c3)C2)cc1. The number of rotatable bonds is 6. The first-order valence-corrected chi connectivity index (χ1v) is 12.2. The number of likely N-dealkylation sites (tertiary alicyclic amines) is 1. The molecule has 0 bridgehead atoms. The molecule has 5 nitrogen and oxygen atoms in total. The van der Waals surface area contributed by atoms with E-state index in [0.717, 1.165) is 41.3 Å². The van der Waals surface area contributed by atoms with Gasteiger partial charge in [-0.25, -0.2) is 13.1 Å². The first kappa shape index (κ1) is 21.5. The quantitative estimate of drug-likeness (QED) is 0.637. The zero-order chi connectivity index (χ0) is 21.8. The number of hydrogen-bond acceptors (Lipinski definition) is 3. The van der Waals surface area contributed by atoms with Crippen molar-refractivity contribution in [3.8, 4) is 0 Å². The molecule has 0 aliphatic carbocycles. The molecule has 1 atom stereocenters. The number of sulfonamides is 1. The van der Waals surface area contributed by atoms with E-state index in [1.54, 1.807) is 24.3 Å². The van der Waals surface area contributed by atoms with Gasteiger partial charge >= 0.3 is 0 Å². The van der Waals surface area contributed by atoms with Gasteiger partial charge in [0, 0.05) is 19.6 Å². The van der Waals surface area contributed by atoms with E-state index in [4.69, 9.17) is 0 Å². The lowest BCUT2D eigenvalue weighted by Gasteiger charge is -2.33. The first-order valence-electron chi connectivity index (χ1n) is 10.7. The summed E-state index contributed by atoms with van der Waals surface area (Å²) in [5.41, 5.74) is 2.03. The van der Waals surface area contributed by atoms with E-state index in [1.807, 2.05) is 30.0 Å². The zero-order valence-electron chi connectivity index (χ0n) is 17.8. The largest absolute Gasteiger partial charge is 0.342 e. The predicted molar refractivity (Wildman–Crippen MR) is 123 cm³/mol. The molecule has 162 valence electrons. The molecule has 1 amide bonds. The summed E-state index contributed by atoms with van der Waals surface area (Å²) in [4.78, 5) is 15.0. The predicted octanol–water partition coefficient (Wildman–Crippen LogP) is 3.91. The van der Waals surface area contributed by atoms with Gasteiger partial charge in [0.2, 0.25) is 15.9 Å². The number of nitrogens with one attached hydrogen (secondary N) is 1. The highest BCUT2D eigenvalue weighted by atomic mass is 32.2. The molecule has 1 N–H and O–H groups in total. The molecule has 3 aromatic rings. The maximum absolute atomic E-state index is 12.9. The third-order valence-corrected chi connectivity index (χ3v) is 7.37. The summed E-state index contributed by atoms with van der Waals surface area (Å²) in [5.74, 6) is 0.218. The van der Waals surface area contributed by atoms with E-state index >= 15 is 0 Å². The number of piperidine rings is 1. The van der Waals surface area contributed by atoms with E-state index in [-0.39, 0.29) is 16.7 Å². The third kappa shape index (κ3) is 5.32. The van der Waals surface area contributed by atoms with Crippen LogP contribution in [0.3, 0.4) is 0 Å². The van der Waals surface area contributed by atoms with Gasteiger partial charge in [0.15, 0.2) is 0 Å². The van der Waals surface area contributed by atoms with Crippen LogP contribution in [-0.4, -0.2) is 38.9 Å². The van der Waals surface area contributed by atoms with Crippen molar-refractivity contribution < 1.29 is 13.2 Å². The fourth-order valence-corrected chi connectivity index (χ4v) is 5.24. The molecule has 1 saturated heterocycles. The van der Waals surface area contributed by atoms with Crippen LogP contribution in [0.1, 0.15) is 24.0 Å². The normalized spacial score (nSPS) is 17.1. The Morgan fingerprint density at radius 3 is 2.55 bits per heavy atom. The molecule has 1 heterocycles. The van der Waals surface area contributed by atoms with Crippen molar-refractivity contribution in [1.82, 2.24) is 9.62 Å². The maximum atomic E-state index is 12.9. The molecular weight excluding hydrogens is 408 g/mol. The molecule has 0 spiro atoms. The van der Waals surface area contributed by atoms with Crippen molar-refractivity contribution in [3.63, 3.8) is 0 Å². The van der Waals surface area contributed by atoms with Gasteiger partial charge in [-0.15, -0.1) is 0 Å². The lowest BCUT2D eigenvalue weighted by Crippen LogP contribution is -2.44. The maximum Gasteiger partial charge on any atom is 0.240 e. The summed E-state index contributed by atoms with van der Waals surface area (Å²) in [7, 11) is -3.54. The molecule has 1 aliphatic rings. The monoisotopic (exact) mass is 436 g/mol. The lowest BCUT2D eigenvalue weighted by atomic mass is 9.97. The molecule has 6 heteroatoms. The second-order valence-corrected chi connectivity index (χ2v) is 10.1. The van der Waals surface area contributed by atoms with Crippen LogP contribution in [0.4, 0.5) is 0 Å². The minimum Gasteiger partial charge on any atom is -0.342 e. The van der Waals surface area contributed by atoms with Crippen molar-refractivity contribution in [2.45, 2.75) is 31.1 Å². The van der Waals surface area contributed by atoms with E-state index in [1.165, 1.54) is 0 Å². The average Bonchev–Trinajstić information content (AvgIpc) is 2.78. The van der Waals surface area contributed by atoms with Crippen LogP contribution in [0.15, 0.2) is 71.6 Å². The van der Waals surface area contributed by atoms with Gasteiger partial charge < -0.3 is 4.90 Å². The van der Waals surface area contributed by atoms with E-state index in [0.29, 0.717) is 19.5 Å². The van der Waals surface area contributed by atoms with Crippen molar-refractivity contribution in [2.24, 2.45) is 5.92 Å². The van der Waals surface area contributed by atoms with Crippen molar-refractivity contribution in [3.05, 3.63) is 77.9 Å². The van der Waals surface area contributed by atoms with E-state index in [2.05, 4.69) is 29.0 Å². The number of carbonyl (C=O) groups is 1. The topological polar surface area (TPSA) is 66.5 Å². The Balaban J connectivity index is 1.35. The summed E-state index contributed by atoms with van der Waals surface area (Å²) in [6.07, 6.45) is 2.17. The van der Waals surface area contributed by atoms with Gasteiger partial charge in [0.25, 0.3) is 0 Å². The Bertz CT molecular complexity index is 1170. The van der Waals surface area contributed by atoms with Crippen LogP contribution in [0.5, 0.6) is 0 Å². The smallest absolute Gasteiger partial charge is 0.240 e. The van der Waals surface area contributed by atoms with Crippen molar-refractivity contribution >= 4 is 26.7 Å². The molecule has 1 fully saturated rings. The molecule has 0 radical (unpaired) electrons. The fourth-order valence-electron chi connectivity index (χ4n) is 4.12. The summed E-state index contributed by atoms with van der Waals surface area (Å²) in [6.45, 7) is 3.59. The number of fused-ring (bicyclic) bond motifs is 1. The first-order chi connectivity index (χ1) is 14.9. The zero-order valence-corrected chi connectivity index (χ0v) is 18.6. The Kier molecular flexibility index (Phi) is 6.39. The van der Waals surface area contributed by atoms with Crippen molar-refractivity contribution in [2.75, 3.05) is 19.6 Å². The number of nitrogens with zero attached hydrogens (tertiary/aromatic N) is 1. The average molecular weight is 437 g/mol. The van der Waals surface area contributed by atoms with Gasteiger partial charge in [-0.05, 0) is 54.2 Å². The van der Waals surface area contributed by atoms with Crippen LogP contribution in [0.2, 0.25) is 0 Å². The second-order valence-electron chi connectivity index (χ2n) is 8.37. The summed E-state index contributed by atoms with van der Waals surface area (Å²) < 4.78 is 27.8. The number of amides is 1. The number of benzene rings is 3. The number of hydrogen-bond donors (Lipinski definition) is 1. The minimum atomic E-state index is -3.54. The number of carbonyl (C=O) groups excluding carboxylic acids is 1. The highest BCUT2D eigenvalue weighted by Gasteiger charge is 2.25. The van der Waals surface area contributed by atoms with Crippen LogP contribution >= 0.6 is 0 Å². The van der Waals surface area contributed by atoms with Gasteiger partial charge in [-0.1, -0.05) is 60.2 Å². The summed E-state index contributed by atoms with van der Waals surface area (Å²) in [6, 6.07) is 21.1. The van der Waals surface area contributed by atoms with Crippen LogP contribution in [-0.2, 0) is 21.2 Å². The fraction of sp³-hybridized carbons (Fsp3) is 0.320. The molecule has 0 unspecified atom stereocenters. The summed E-state index contributed by atoms with van der Waals surface area (Å²) >= 11 is 0. The molecule has 31 heavy (non-hydrogen) atoms. The van der Waals surface area contributed by atoms with Gasteiger partial charge in [-0.2, -0.15) is 0 Å². The van der Waals surface area contributed by atoms with Crippen LogP contribution < -0.4 is 4.72 Å². The Morgan fingerprint density at radius 2 is 1.77 bits per heavy atom. The van der Waals surface area contributed by atoms with Gasteiger partial charge in [0.05, 0.1) is 11.3 Å². The minimum absolute atomic E-state index is 0.0985. The van der Waals surface area contributed by atoms with Gasteiger partial charge in [0.1, 0.15) is 0 Å². The Morgan fingerprint density at radius 1 is 1.03 bits per heavy atom. The molecule has 0 saturated carbocycles. The molecule has 1 aliphatic heterocycles. The lowest BCUT2D eigenvalue weighted by molar-refractivity contribution is -0.132. The standard InChI is InChI=1S/C25H28N2O3S/c1-19-8-12-24(13-9-19)31(29,30)26-17-21-5-4-14-27(18-21)25(28)16-20-10-11-22-6-2-3-7-23(22)15-20/h2-3,6-13,15,21,26H,4-5,14,16-18H2,1H3/t21-/m0/s1. The van der Waals surface area contributed by atoms with Gasteiger partial charge in [-0.3, -0.25) is 4.79 Å². The van der Waals surface area contributed by atoms with E-state index in [9.17, 15) is 13.2 Å². The molecule has 4 rings (SSSR count). The highest BCUT2D eigenvalue weighted by molar-refractivity contribution is 7.89. The second kappa shape index (κ2) is 9.20. The molecule has 3 aromatic carbocycles. The third-order valence-electron chi connectivity index (χ3n) is 5.93. The van der Waals surface area contributed by atoms with Crippen LogP contribution in [0.25, 0.3) is 10.8 Å². The van der Waals surface area contributed by atoms with Crippen molar-refractivity contribution in [1.29, 1.82) is 0 Å². The highest BCUT2D eigenvalue weighted by Crippen LogP contribution is 2.20. The Hall–Kier alpha value is -2.70. The Labute approximate surface area is 184 Å². The number of aryl methyl sites for hydroxylation is 1. The van der Waals surface area contributed by atoms with E-state index < -0.39 is 10.0 Å². The summed E-state index contributed by atoms with van der Waals surface area (Å²) in [5, 5.41) is 2.30. The van der Waals surface area contributed by atoms with Crippen LogP contribution in [0, 0.1) is 12.8 Å². The molecular formula is C25H28N2O3S. The molecule has 0 aromatic heterocycles.